The lowest BCUT2D eigenvalue weighted by molar-refractivity contribution is 0.181. The van der Waals surface area contributed by atoms with Crippen molar-refractivity contribution in [1.29, 1.82) is 0 Å². The van der Waals surface area contributed by atoms with Gasteiger partial charge in [0.2, 0.25) is 5.56 Å². The SMILES string of the molecule is CC(C)(C)[Si](C)(C)O[C@@H](CNCc1ccc2c(c1)nnn2CC=Cc1ccc(-c2ccccc2)c(N(C(=O)O)[C@H]2CC[C@H](NCc3ccccc3)CC2)c1)c1ccc(O)c2[nH]c(=O)ccc12. The highest BCUT2D eigenvalue weighted by Gasteiger charge is 2.40. The van der Waals surface area contributed by atoms with Gasteiger partial charge in [0.15, 0.2) is 8.32 Å². The van der Waals surface area contributed by atoms with Gasteiger partial charge in [-0.25, -0.2) is 9.48 Å². The number of hydrogen-bond donors (Lipinski definition) is 5. The molecule has 1 atom stereocenters. The van der Waals surface area contributed by atoms with Crippen LogP contribution < -0.4 is 21.1 Å². The van der Waals surface area contributed by atoms with Gasteiger partial charge in [-0.15, -0.1) is 5.10 Å². The maximum absolute atomic E-state index is 13.1. The topological polar surface area (TPSA) is 158 Å². The molecule has 0 saturated heterocycles. The van der Waals surface area contributed by atoms with Crippen molar-refractivity contribution in [2.75, 3.05) is 11.4 Å². The summed E-state index contributed by atoms with van der Waals surface area (Å²) in [6.07, 6.45) is 6.14. The fraction of sp³-hybridized carbons (Fsp3) is 0.321. The number of nitrogens with zero attached hydrogens (tertiary/aromatic N) is 4. The maximum Gasteiger partial charge on any atom is 0.412 e. The molecule has 2 aromatic heterocycles. The number of carbonyl (C=O) groups is 1. The summed E-state index contributed by atoms with van der Waals surface area (Å²) in [7, 11) is -2.24. The molecule has 13 heteroatoms. The van der Waals surface area contributed by atoms with Gasteiger partial charge in [0.1, 0.15) is 11.3 Å². The number of pyridine rings is 1. The lowest BCUT2D eigenvalue weighted by Gasteiger charge is -2.39. The zero-order valence-electron chi connectivity index (χ0n) is 38.5. The normalized spacial score (nSPS) is 16.3. The summed E-state index contributed by atoms with van der Waals surface area (Å²) < 4.78 is 8.85. The van der Waals surface area contributed by atoms with Crippen LogP contribution in [0, 0.1) is 0 Å². The summed E-state index contributed by atoms with van der Waals surface area (Å²) in [4.78, 5) is 29.7. The summed E-state index contributed by atoms with van der Waals surface area (Å²) >= 11 is 0. The molecule has 8 rings (SSSR count). The minimum Gasteiger partial charge on any atom is -0.506 e. The highest BCUT2D eigenvalue weighted by atomic mass is 28.4. The first kappa shape index (κ1) is 46.2. The van der Waals surface area contributed by atoms with E-state index in [-0.39, 0.29) is 28.5 Å². The van der Waals surface area contributed by atoms with Crippen molar-refractivity contribution in [3.05, 3.63) is 160 Å². The van der Waals surface area contributed by atoms with E-state index in [1.165, 1.54) is 11.6 Å². The fourth-order valence-electron chi connectivity index (χ4n) is 8.75. The third-order valence-corrected chi connectivity index (χ3v) is 17.9. The first-order valence-corrected chi connectivity index (χ1v) is 25.9. The molecule has 0 aliphatic heterocycles. The minimum atomic E-state index is -2.24. The van der Waals surface area contributed by atoms with E-state index in [0.717, 1.165) is 76.5 Å². The predicted octanol–water partition coefficient (Wildman–Crippen LogP) is 10.8. The summed E-state index contributed by atoms with van der Waals surface area (Å²) in [5.41, 5.74) is 8.44. The van der Waals surface area contributed by atoms with Crippen LogP contribution in [0.1, 0.15) is 74.8 Å². The van der Waals surface area contributed by atoms with E-state index in [1.54, 1.807) is 17.0 Å². The van der Waals surface area contributed by atoms with Gasteiger partial charge in [-0.1, -0.05) is 123 Å². The number of anilines is 1. The summed E-state index contributed by atoms with van der Waals surface area (Å²) in [5.74, 6) is 0.0212. The number of phenolic OH excluding ortho intramolecular Hbond substituents is 1. The molecular formula is C53H61N7O5Si. The number of aromatic hydroxyl groups is 1. The number of benzene rings is 5. The standard InChI is InChI=1S/C53H61N7O5Si/c1-53(2,3)66(4,5)65-49(43-25-28-48(61)51-44(43)26-29-50(62)56-51)35-54-33-38-19-27-46-45(31-38)57-58-59(46)30-12-15-36-18-24-42(39-16-10-7-11-17-39)47(32-36)60(52(63)64)41-22-20-40(21-23-41)55-34-37-13-8-6-9-14-37/h6-19,24-29,31-32,40-41,49,54-55,61H,20-23,30,33-35H2,1-5H3,(H,56,62)(H,63,64)/t40-,41-,49-/m0/s1. The number of rotatable bonds is 16. The lowest BCUT2D eigenvalue weighted by Crippen LogP contribution is -2.45. The number of H-pyrrole nitrogens is 1. The van der Waals surface area contributed by atoms with Crippen LogP contribution in [0.3, 0.4) is 0 Å². The number of allylic oxidation sites excluding steroid dienone is 1. The minimum absolute atomic E-state index is 0.0212. The van der Waals surface area contributed by atoms with E-state index in [9.17, 15) is 19.8 Å². The van der Waals surface area contributed by atoms with Crippen molar-refractivity contribution in [1.82, 2.24) is 30.6 Å². The number of carboxylic acid groups (broad SMARTS) is 1. The first-order chi connectivity index (χ1) is 31.7. The Morgan fingerprint density at radius 2 is 1.65 bits per heavy atom. The summed E-state index contributed by atoms with van der Waals surface area (Å²) in [6.45, 7) is 13.4. The van der Waals surface area contributed by atoms with Crippen molar-refractivity contribution in [2.24, 2.45) is 0 Å². The van der Waals surface area contributed by atoms with E-state index in [4.69, 9.17) is 4.43 Å². The Bertz CT molecular complexity index is 2870. The average Bonchev–Trinajstić information content (AvgIpc) is 3.71. The second-order valence-corrected chi connectivity index (χ2v) is 23.7. The molecule has 0 bridgehead atoms. The number of aromatic nitrogens is 4. The fourth-order valence-corrected chi connectivity index (χ4v) is 10.0. The summed E-state index contributed by atoms with van der Waals surface area (Å²) in [6, 6.07) is 39.6. The molecule has 0 spiro atoms. The van der Waals surface area contributed by atoms with Crippen molar-refractivity contribution >= 4 is 48.1 Å². The monoisotopic (exact) mass is 903 g/mol. The highest BCUT2D eigenvalue weighted by Crippen LogP contribution is 2.41. The molecule has 5 N–H and O–H groups in total. The number of nitrogens with one attached hydrogen (secondary N) is 3. The van der Waals surface area contributed by atoms with E-state index < -0.39 is 14.4 Å². The molecule has 1 amide bonds. The molecule has 1 aliphatic rings. The van der Waals surface area contributed by atoms with Crippen LogP contribution in [0.25, 0.3) is 39.1 Å². The zero-order chi connectivity index (χ0) is 46.4. The first-order valence-electron chi connectivity index (χ1n) is 22.9. The van der Waals surface area contributed by atoms with Crippen LogP contribution in [0.5, 0.6) is 5.75 Å². The van der Waals surface area contributed by atoms with E-state index in [0.29, 0.717) is 36.9 Å². The van der Waals surface area contributed by atoms with Gasteiger partial charge in [0, 0.05) is 48.7 Å². The van der Waals surface area contributed by atoms with Gasteiger partial charge in [-0.3, -0.25) is 9.69 Å². The highest BCUT2D eigenvalue weighted by molar-refractivity contribution is 6.74. The van der Waals surface area contributed by atoms with E-state index in [2.05, 4.69) is 90.1 Å². The Morgan fingerprint density at radius 1 is 0.909 bits per heavy atom. The van der Waals surface area contributed by atoms with Gasteiger partial charge in [-0.2, -0.15) is 0 Å². The van der Waals surface area contributed by atoms with Crippen LogP contribution in [0.15, 0.2) is 132 Å². The number of hydrogen-bond acceptors (Lipinski definition) is 8. The molecule has 12 nitrogen and oxygen atoms in total. The number of amides is 1. The van der Waals surface area contributed by atoms with Gasteiger partial charge in [0.05, 0.1) is 29.4 Å². The molecule has 0 radical (unpaired) electrons. The Kier molecular flexibility index (Phi) is 14.0. The molecule has 342 valence electrons. The van der Waals surface area contributed by atoms with E-state index >= 15 is 0 Å². The van der Waals surface area contributed by atoms with Crippen LogP contribution in [0.4, 0.5) is 10.5 Å². The Labute approximate surface area is 387 Å². The van der Waals surface area contributed by atoms with Crippen LogP contribution in [0.2, 0.25) is 18.1 Å². The van der Waals surface area contributed by atoms with Crippen molar-refractivity contribution < 1.29 is 19.4 Å². The number of fused-ring (bicyclic) bond motifs is 2. The van der Waals surface area contributed by atoms with Crippen LogP contribution >= 0.6 is 0 Å². The molecule has 0 unspecified atom stereocenters. The van der Waals surface area contributed by atoms with Gasteiger partial charge >= 0.3 is 6.09 Å². The molecule has 66 heavy (non-hydrogen) atoms. The number of phenols is 1. The summed E-state index contributed by atoms with van der Waals surface area (Å²) in [5, 5.41) is 38.4. The average molecular weight is 904 g/mol. The van der Waals surface area contributed by atoms with Crippen molar-refractivity contribution in [3.8, 4) is 16.9 Å². The molecule has 2 heterocycles. The molecule has 1 saturated carbocycles. The quantitative estimate of drug-likeness (QED) is 0.0595. The number of aromatic amines is 1. The molecule has 1 fully saturated rings. The van der Waals surface area contributed by atoms with E-state index in [1.807, 2.05) is 89.6 Å². The molecule has 7 aromatic rings. The molecular weight excluding hydrogens is 843 g/mol. The third kappa shape index (κ3) is 10.7. The second-order valence-electron chi connectivity index (χ2n) is 18.9. The Morgan fingerprint density at radius 3 is 2.38 bits per heavy atom. The Balaban J connectivity index is 0.953. The second kappa shape index (κ2) is 20.0. The van der Waals surface area contributed by atoms with Gasteiger partial charge < -0.3 is 30.3 Å². The van der Waals surface area contributed by atoms with Crippen LogP contribution in [-0.4, -0.2) is 63.2 Å². The zero-order valence-corrected chi connectivity index (χ0v) is 39.5. The molecule has 1 aliphatic carbocycles. The van der Waals surface area contributed by atoms with Gasteiger partial charge in [-0.05, 0) is 102 Å². The van der Waals surface area contributed by atoms with Crippen LogP contribution in [-0.2, 0) is 24.1 Å². The van der Waals surface area contributed by atoms with Crippen molar-refractivity contribution in [3.63, 3.8) is 0 Å². The Hall–Kier alpha value is -6.38. The maximum atomic E-state index is 13.1. The smallest absolute Gasteiger partial charge is 0.412 e. The third-order valence-electron chi connectivity index (χ3n) is 13.4. The van der Waals surface area contributed by atoms with Crippen molar-refractivity contribution in [2.45, 2.75) is 102 Å². The predicted molar refractivity (Wildman–Crippen MR) is 267 cm³/mol. The largest absolute Gasteiger partial charge is 0.506 e. The molecule has 5 aromatic carbocycles. The van der Waals surface area contributed by atoms with Gasteiger partial charge in [0.25, 0.3) is 0 Å². The lowest BCUT2D eigenvalue weighted by atomic mass is 9.89.